The number of carbonyl (C=O) groups excluding carboxylic acids is 1. The molecule has 0 aliphatic carbocycles. The van der Waals surface area contributed by atoms with E-state index in [-0.39, 0.29) is 5.78 Å². The Morgan fingerprint density at radius 1 is 1.19 bits per heavy atom. The monoisotopic (exact) mass is 364 g/mol. The van der Waals surface area contributed by atoms with Crippen LogP contribution in [-0.2, 0) is 4.74 Å². The van der Waals surface area contributed by atoms with Crippen LogP contribution >= 0.6 is 0 Å². The van der Waals surface area contributed by atoms with Gasteiger partial charge in [0.2, 0.25) is 5.75 Å². The van der Waals surface area contributed by atoms with Crippen LogP contribution in [0.15, 0.2) is 24.4 Å². The molecule has 0 amide bonds. The lowest BCUT2D eigenvalue weighted by Gasteiger charge is -2.26. The minimum atomic E-state index is -0.152. The molecular weight excluding hydrogens is 336 g/mol. The maximum absolute atomic E-state index is 12.6. The number of carbonyl (C=O) groups is 1. The summed E-state index contributed by atoms with van der Waals surface area (Å²) in [4.78, 5) is 16.7. The fourth-order valence-electron chi connectivity index (χ4n) is 2.64. The Morgan fingerprint density at radius 2 is 1.92 bits per heavy atom. The van der Waals surface area contributed by atoms with Crippen molar-refractivity contribution in [1.82, 2.24) is 9.80 Å². The average molecular weight is 364 g/mol. The van der Waals surface area contributed by atoms with Crippen LogP contribution in [0.1, 0.15) is 10.4 Å². The van der Waals surface area contributed by atoms with Gasteiger partial charge in [-0.1, -0.05) is 0 Å². The predicted octanol–water partition coefficient (Wildman–Crippen LogP) is 1.67. The van der Waals surface area contributed by atoms with Crippen LogP contribution in [0, 0.1) is 0 Å². The SMILES string of the molecule is COc1ccc(C(=O)C=CN(C)C)c(OCCN2CCOCC2)c1OC. The largest absolute Gasteiger partial charge is 0.493 e. The molecule has 0 atom stereocenters. The molecule has 1 aliphatic heterocycles. The second-order valence-corrected chi connectivity index (χ2v) is 6.12. The lowest BCUT2D eigenvalue weighted by atomic mass is 10.1. The molecule has 0 unspecified atom stereocenters. The molecule has 1 aromatic carbocycles. The van der Waals surface area contributed by atoms with Crippen LogP contribution in [0.25, 0.3) is 0 Å². The first-order valence-corrected chi connectivity index (χ1v) is 8.63. The van der Waals surface area contributed by atoms with Crippen molar-refractivity contribution in [2.75, 3.05) is 67.8 Å². The summed E-state index contributed by atoms with van der Waals surface area (Å²) < 4.78 is 22.1. The molecule has 2 rings (SSSR count). The van der Waals surface area contributed by atoms with Crippen molar-refractivity contribution in [2.24, 2.45) is 0 Å². The smallest absolute Gasteiger partial charge is 0.204 e. The van der Waals surface area contributed by atoms with E-state index in [0.717, 1.165) is 32.8 Å². The van der Waals surface area contributed by atoms with Gasteiger partial charge in [0.1, 0.15) is 6.61 Å². The first-order chi connectivity index (χ1) is 12.6. The fourth-order valence-corrected chi connectivity index (χ4v) is 2.64. The van der Waals surface area contributed by atoms with E-state index >= 15 is 0 Å². The Kier molecular flexibility index (Phi) is 7.74. The van der Waals surface area contributed by atoms with Gasteiger partial charge in [-0.15, -0.1) is 0 Å². The van der Waals surface area contributed by atoms with Crippen LogP contribution in [0.5, 0.6) is 17.2 Å². The van der Waals surface area contributed by atoms with Gasteiger partial charge in [-0.2, -0.15) is 0 Å². The highest BCUT2D eigenvalue weighted by Gasteiger charge is 2.20. The summed E-state index contributed by atoms with van der Waals surface area (Å²) in [6.45, 7) is 4.45. The highest BCUT2D eigenvalue weighted by atomic mass is 16.5. The second-order valence-electron chi connectivity index (χ2n) is 6.12. The van der Waals surface area contributed by atoms with E-state index in [1.807, 2.05) is 14.1 Å². The van der Waals surface area contributed by atoms with Crippen molar-refractivity contribution in [1.29, 1.82) is 0 Å². The number of ether oxygens (including phenoxy) is 4. The molecule has 0 spiro atoms. The fraction of sp³-hybridized carbons (Fsp3) is 0.526. The molecular formula is C19H28N2O5. The summed E-state index contributed by atoms with van der Waals surface area (Å²) >= 11 is 0. The van der Waals surface area contributed by atoms with Crippen molar-refractivity contribution < 1.29 is 23.7 Å². The zero-order valence-electron chi connectivity index (χ0n) is 16.0. The molecule has 0 bridgehead atoms. The highest BCUT2D eigenvalue weighted by Crippen LogP contribution is 2.40. The normalized spacial score (nSPS) is 15.1. The molecule has 1 aliphatic rings. The lowest BCUT2D eigenvalue weighted by molar-refractivity contribution is 0.0320. The number of hydrogen-bond donors (Lipinski definition) is 0. The van der Waals surface area contributed by atoms with E-state index in [2.05, 4.69) is 4.90 Å². The minimum absolute atomic E-state index is 0.152. The highest BCUT2D eigenvalue weighted by molar-refractivity contribution is 6.07. The standard InChI is InChI=1S/C19H28N2O5/c1-20(2)8-7-16(22)15-5-6-17(23-3)19(24-4)18(15)26-14-11-21-9-12-25-13-10-21/h5-8H,9-14H2,1-4H3. The van der Waals surface area contributed by atoms with Gasteiger partial charge in [0.05, 0.1) is 33.0 Å². The molecule has 1 saturated heterocycles. The second kappa shape index (κ2) is 10.0. The van der Waals surface area contributed by atoms with Gasteiger partial charge in [0.15, 0.2) is 17.3 Å². The van der Waals surface area contributed by atoms with E-state index in [9.17, 15) is 4.79 Å². The summed E-state index contributed by atoms with van der Waals surface area (Å²) in [6.07, 6.45) is 3.21. The summed E-state index contributed by atoms with van der Waals surface area (Å²) in [5.41, 5.74) is 0.447. The molecule has 7 nitrogen and oxygen atoms in total. The third kappa shape index (κ3) is 5.37. The van der Waals surface area contributed by atoms with Crippen molar-refractivity contribution >= 4 is 5.78 Å². The van der Waals surface area contributed by atoms with E-state index in [1.54, 1.807) is 30.3 Å². The molecule has 1 heterocycles. The molecule has 7 heteroatoms. The van der Waals surface area contributed by atoms with Crippen molar-refractivity contribution in [3.63, 3.8) is 0 Å². The third-order valence-corrected chi connectivity index (χ3v) is 4.05. The number of ketones is 1. The molecule has 0 aromatic heterocycles. The number of benzene rings is 1. The first kappa shape index (κ1) is 20.1. The Morgan fingerprint density at radius 3 is 2.54 bits per heavy atom. The predicted molar refractivity (Wildman–Crippen MR) is 99.5 cm³/mol. The van der Waals surface area contributed by atoms with E-state index in [4.69, 9.17) is 18.9 Å². The molecule has 0 N–H and O–H groups in total. The van der Waals surface area contributed by atoms with Gasteiger partial charge in [0, 0.05) is 46.0 Å². The molecule has 144 valence electrons. The molecule has 26 heavy (non-hydrogen) atoms. The van der Waals surface area contributed by atoms with Gasteiger partial charge in [-0.05, 0) is 12.1 Å². The Hall–Kier alpha value is -2.25. The van der Waals surface area contributed by atoms with Gasteiger partial charge in [-0.3, -0.25) is 9.69 Å². The van der Waals surface area contributed by atoms with E-state index in [0.29, 0.717) is 29.4 Å². The Labute approximate surface area is 155 Å². The van der Waals surface area contributed by atoms with Gasteiger partial charge < -0.3 is 23.8 Å². The maximum Gasteiger partial charge on any atom is 0.204 e. The van der Waals surface area contributed by atoms with Crippen LogP contribution in [0.2, 0.25) is 0 Å². The summed E-state index contributed by atoms with van der Waals surface area (Å²) in [5.74, 6) is 1.22. The van der Waals surface area contributed by atoms with Crippen molar-refractivity contribution in [3.05, 3.63) is 30.0 Å². The van der Waals surface area contributed by atoms with E-state index < -0.39 is 0 Å². The van der Waals surface area contributed by atoms with Crippen molar-refractivity contribution in [2.45, 2.75) is 0 Å². The number of morpholine rings is 1. The van der Waals surface area contributed by atoms with Crippen LogP contribution in [0.4, 0.5) is 0 Å². The first-order valence-electron chi connectivity index (χ1n) is 8.63. The number of allylic oxidation sites excluding steroid dienone is 1. The lowest BCUT2D eigenvalue weighted by Crippen LogP contribution is -2.38. The summed E-state index contributed by atoms with van der Waals surface area (Å²) in [6, 6.07) is 3.41. The zero-order valence-corrected chi connectivity index (χ0v) is 16.0. The molecule has 1 aromatic rings. The zero-order chi connectivity index (χ0) is 18.9. The number of methoxy groups -OCH3 is 2. The Balaban J connectivity index is 2.19. The van der Waals surface area contributed by atoms with Gasteiger partial charge >= 0.3 is 0 Å². The third-order valence-electron chi connectivity index (χ3n) is 4.05. The molecule has 1 fully saturated rings. The van der Waals surface area contributed by atoms with Gasteiger partial charge in [0.25, 0.3) is 0 Å². The Bertz CT molecular complexity index is 625. The number of hydrogen-bond acceptors (Lipinski definition) is 7. The van der Waals surface area contributed by atoms with E-state index in [1.165, 1.54) is 13.2 Å². The maximum atomic E-state index is 12.6. The summed E-state index contributed by atoms with van der Waals surface area (Å²) in [5, 5.41) is 0. The number of rotatable bonds is 9. The molecule has 0 saturated carbocycles. The van der Waals surface area contributed by atoms with Gasteiger partial charge in [-0.25, -0.2) is 0 Å². The minimum Gasteiger partial charge on any atom is -0.493 e. The van der Waals surface area contributed by atoms with Crippen LogP contribution < -0.4 is 14.2 Å². The average Bonchev–Trinajstić information content (AvgIpc) is 2.66. The van der Waals surface area contributed by atoms with Crippen LogP contribution in [0.3, 0.4) is 0 Å². The quantitative estimate of drug-likeness (QED) is 0.488. The topological polar surface area (TPSA) is 60.5 Å². The molecule has 0 radical (unpaired) electrons. The van der Waals surface area contributed by atoms with Crippen molar-refractivity contribution in [3.8, 4) is 17.2 Å². The number of nitrogens with zero attached hydrogens (tertiary/aromatic N) is 2. The summed E-state index contributed by atoms with van der Waals surface area (Å²) in [7, 11) is 6.82. The van der Waals surface area contributed by atoms with Crippen LogP contribution in [-0.4, -0.2) is 83.4 Å².